The van der Waals surface area contributed by atoms with Crippen molar-refractivity contribution >= 4 is 39.1 Å². The van der Waals surface area contributed by atoms with Gasteiger partial charge in [0.15, 0.2) is 0 Å². The highest BCUT2D eigenvalue weighted by atomic mass is 79.9. The van der Waals surface area contributed by atoms with Gasteiger partial charge in [0.1, 0.15) is 10.7 Å². The van der Waals surface area contributed by atoms with Crippen molar-refractivity contribution in [3.63, 3.8) is 0 Å². The van der Waals surface area contributed by atoms with Gasteiger partial charge < -0.3 is 5.32 Å². The van der Waals surface area contributed by atoms with Crippen LogP contribution in [0.25, 0.3) is 0 Å². The van der Waals surface area contributed by atoms with Crippen molar-refractivity contribution in [2.45, 2.75) is 19.8 Å². The fraction of sp³-hybridized carbons (Fsp3) is 0.250. The Morgan fingerprint density at radius 3 is 2.89 bits per heavy atom. The zero-order valence-corrected chi connectivity index (χ0v) is 12.7. The van der Waals surface area contributed by atoms with Crippen molar-refractivity contribution in [1.29, 1.82) is 0 Å². The molecular formula is C12H11BrFN3OS. The maximum Gasteiger partial charge on any atom is 0.269 e. The monoisotopic (exact) mass is 343 g/mol. The number of benzene rings is 1. The molecule has 0 atom stereocenters. The molecule has 0 saturated carbocycles. The van der Waals surface area contributed by atoms with Crippen molar-refractivity contribution in [3.8, 4) is 0 Å². The van der Waals surface area contributed by atoms with E-state index in [0.29, 0.717) is 20.7 Å². The van der Waals surface area contributed by atoms with Crippen molar-refractivity contribution in [1.82, 2.24) is 9.59 Å². The van der Waals surface area contributed by atoms with Crippen molar-refractivity contribution in [3.05, 3.63) is 39.1 Å². The number of nitrogens with zero attached hydrogens (tertiary/aromatic N) is 2. The standard InChI is InChI=1S/C12H11BrFN3OS/c1-6(2)10-11(19-17-16-10)12(18)15-9-5-7(14)3-4-8(9)13/h3-6H,1-2H3,(H,15,18). The minimum absolute atomic E-state index is 0.107. The largest absolute Gasteiger partial charge is 0.320 e. The number of aromatic nitrogens is 2. The topological polar surface area (TPSA) is 54.9 Å². The van der Waals surface area contributed by atoms with Crippen molar-refractivity contribution < 1.29 is 9.18 Å². The SMILES string of the molecule is CC(C)c1nnsc1C(=O)Nc1cc(F)ccc1Br. The normalized spacial score (nSPS) is 10.8. The Morgan fingerprint density at radius 1 is 1.47 bits per heavy atom. The van der Waals surface area contributed by atoms with Gasteiger partial charge in [-0.25, -0.2) is 4.39 Å². The molecule has 4 nitrogen and oxygen atoms in total. The van der Waals surface area contributed by atoms with Gasteiger partial charge >= 0.3 is 0 Å². The highest BCUT2D eigenvalue weighted by Gasteiger charge is 2.19. The Morgan fingerprint density at radius 2 is 2.21 bits per heavy atom. The van der Waals surface area contributed by atoms with Crippen LogP contribution in [0.4, 0.5) is 10.1 Å². The van der Waals surface area contributed by atoms with Gasteiger partial charge in [-0.2, -0.15) is 0 Å². The second-order valence-corrected chi connectivity index (χ2v) is 5.83. The molecule has 0 bridgehead atoms. The summed E-state index contributed by atoms with van der Waals surface area (Å²) < 4.78 is 17.6. The van der Waals surface area contributed by atoms with Crippen LogP contribution < -0.4 is 5.32 Å². The maximum atomic E-state index is 13.2. The van der Waals surface area contributed by atoms with E-state index in [4.69, 9.17) is 0 Å². The summed E-state index contributed by atoms with van der Waals surface area (Å²) in [6.07, 6.45) is 0. The second kappa shape index (κ2) is 5.75. The molecule has 100 valence electrons. The van der Waals surface area contributed by atoms with E-state index >= 15 is 0 Å². The predicted octanol–water partition coefficient (Wildman–Crippen LogP) is 3.82. The van der Waals surface area contributed by atoms with Gasteiger partial charge in [0.25, 0.3) is 5.91 Å². The summed E-state index contributed by atoms with van der Waals surface area (Å²) in [7, 11) is 0. The molecule has 0 fully saturated rings. The quantitative estimate of drug-likeness (QED) is 0.921. The third-order valence-corrected chi connectivity index (χ3v) is 3.87. The Kier molecular flexibility index (Phi) is 4.26. The van der Waals surface area contributed by atoms with Crippen LogP contribution in [0.3, 0.4) is 0 Å². The highest BCUT2D eigenvalue weighted by Crippen LogP contribution is 2.25. The van der Waals surface area contributed by atoms with E-state index in [1.807, 2.05) is 13.8 Å². The lowest BCUT2D eigenvalue weighted by Crippen LogP contribution is -2.13. The summed E-state index contributed by atoms with van der Waals surface area (Å²) in [5.74, 6) is -0.634. The minimum Gasteiger partial charge on any atom is -0.320 e. The third-order valence-electron chi connectivity index (χ3n) is 2.44. The van der Waals surface area contributed by atoms with Crippen LogP contribution in [-0.4, -0.2) is 15.5 Å². The number of carbonyl (C=O) groups excluding carboxylic acids is 1. The molecule has 1 aromatic heterocycles. The minimum atomic E-state index is -0.412. The summed E-state index contributed by atoms with van der Waals surface area (Å²) >= 11 is 4.29. The summed E-state index contributed by atoms with van der Waals surface area (Å²) in [6, 6.07) is 4.11. The van der Waals surface area contributed by atoms with E-state index in [1.54, 1.807) is 6.07 Å². The molecule has 1 heterocycles. The lowest BCUT2D eigenvalue weighted by atomic mass is 10.1. The fourth-order valence-electron chi connectivity index (χ4n) is 1.51. The van der Waals surface area contributed by atoms with E-state index in [9.17, 15) is 9.18 Å². The van der Waals surface area contributed by atoms with Gasteiger partial charge in [0, 0.05) is 4.47 Å². The van der Waals surface area contributed by atoms with Gasteiger partial charge in [0.05, 0.1) is 11.4 Å². The number of amides is 1. The lowest BCUT2D eigenvalue weighted by Gasteiger charge is -2.08. The van der Waals surface area contributed by atoms with Gasteiger partial charge in [0.2, 0.25) is 0 Å². The average Bonchev–Trinajstić information content (AvgIpc) is 2.83. The lowest BCUT2D eigenvalue weighted by molar-refractivity contribution is 0.102. The number of rotatable bonds is 3. The molecule has 0 spiro atoms. The molecule has 0 aliphatic carbocycles. The second-order valence-electron chi connectivity index (χ2n) is 4.22. The molecule has 1 aromatic carbocycles. The number of hydrogen-bond acceptors (Lipinski definition) is 4. The fourth-order valence-corrected chi connectivity index (χ4v) is 2.57. The summed E-state index contributed by atoms with van der Waals surface area (Å²) in [4.78, 5) is 12.6. The molecule has 0 aliphatic rings. The molecule has 1 amide bonds. The van der Waals surface area contributed by atoms with Gasteiger partial charge in [-0.3, -0.25) is 4.79 Å². The van der Waals surface area contributed by atoms with Crippen LogP contribution in [0.2, 0.25) is 0 Å². The van der Waals surface area contributed by atoms with E-state index in [-0.39, 0.29) is 11.8 Å². The molecule has 2 rings (SSSR count). The Balaban J connectivity index is 2.26. The number of nitrogens with one attached hydrogen (secondary N) is 1. The first-order chi connectivity index (χ1) is 8.99. The number of halogens is 2. The summed E-state index contributed by atoms with van der Waals surface area (Å²) in [5.41, 5.74) is 1.03. The first kappa shape index (κ1) is 14.1. The molecule has 0 aliphatic heterocycles. The van der Waals surface area contributed by atoms with E-state index < -0.39 is 5.82 Å². The van der Waals surface area contributed by atoms with E-state index in [0.717, 1.165) is 11.5 Å². The van der Waals surface area contributed by atoms with Crippen LogP contribution in [-0.2, 0) is 0 Å². The molecule has 0 radical (unpaired) electrons. The molecule has 1 N–H and O–H groups in total. The summed E-state index contributed by atoms with van der Waals surface area (Å²) in [5, 5.41) is 6.59. The summed E-state index contributed by atoms with van der Waals surface area (Å²) in [6.45, 7) is 3.87. The van der Waals surface area contributed by atoms with Crippen LogP contribution >= 0.6 is 27.5 Å². The first-order valence-electron chi connectivity index (χ1n) is 5.57. The molecule has 0 unspecified atom stereocenters. The molecular weight excluding hydrogens is 333 g/mol. The third kappa shape index (κ3) is 3.16. The van der Waals surface area contributed by atoms with Crippen LogP contribution in [0, 0.1) is 5.82 Å². The van der Waals surface area contributed by atoms with Gasteiger partial charge in [-0.1, -0.05) is 18.3 Å². The van der Waals surface area contributed by atoms with Crippen molar-refractivity contribution in [2.75, 3.05) is 5.32 Å². The maximum absolute atomic E-state index is 13.2. The first-order valence-corrected chi connectivity index (χ1v) is 7.14. The van der Waals surface area contributed by atoms with Gasteiger partial charge in [-0.15, -0.1) is 5.10 Å². The Hall–Kier alpha value is -1.34. The number of carbonyl (C=O) groups is 1. The number of hydrogen-bond donors (Lipinski definition) is 1. The Bertz CT molecular complexity index is 615. The van der Waals surface area contributed by atoms with Crippen LogP contribution in [0.5, 0.6) is 0 Å². The predicted molar refractivity (Wildman–Crippen MR) is 76.1 cm³/mol. The Labute approximate surface area is 122 Å². The van der Waals surface area contributed by atoms with Crippen molar-refractivity contribution in [2.24, 2.45) is 0 Å². The smallest absolute Gasteiger partial charge is 0.269 e. The van der Waals surface area contributed by atoms with E-state index in [1.165, 1.54) is 12.1 Å². The van der Waals surface area contributed by atoms with E-state index in [2.05, 4.69) is 30.8 Å². The van der Waals surface area contributed by atoms with Crippen LogP contribution in [0.1, 0.15) is 35.1 Å². The highest BCUT2D eigenvalue weighted by molar-refractivity contribution is 9.10. The molecule has 2 aromatic rings. The molecule has 7 heteroatoms. The van der Waals surface area contributed by atoms with Crippen LogP contribution in [0.15, 0.2) is 22.7 Å². The molecule has 19 heavy (non-hydrogen) atoms. The molecule has 0 saturated heterocycles. The number of anilines is 1. The average molecular weight is 344 g/mol. The zero-order valence-electron chi connectivity index (χ0n) is 10.3. The van der Waals surface area contributed by atoms with Gasteiger partial charge in [-0.05, 0) is 51.6 Å². The zero-order chi connectivity index (χ0) is 14.0.